The second kappa shape index (κ2) is 7.24. The highest BCUT2D eigenvalue weighted by molar-refractivity contribution is 5.28. The predicted molar refractivity (Wildman–Crippen MR) is 84.9 cm³/mol. The molecule has 1 aromatic rings. The second-order valence-electron chi connectivity index (χ2n) is 6.37. The van der Waals surface area contributed by atoms with Crippen LogP contribution in [0.3, 0.4) is 0 Å². The summed E-state index contributed by atoms with van der Waals surface area (Å²) in [5, 5.41) is 13.6. The lowest BCUT2D eigenvalue weighted by molar-refractivity contribution is 0.157. The van der Waals surface area contributed by atoms with Gasteiger partial charge in [0.15, 0.2) is 0 Å². The average Bonchev–Trinajstić information content (AvgIpc) is 2.75. The van der Waals surface area contributed by atoms with E-state index >= 15 is 0 Å². The lowest BCUT2D eigenvalue weighted by Gasteiger charge is -2.34. The van der Waals surface area contributed by atoms with Crippen LogP contribution in [0.25, 0.3) is 0 Å². The van der Waals surface area contributed by atoms with Crippen LogP contribution < -0.4 is 5.32 Å². The van der Waals surface area contributed by atoms with Crippen LogP contribution in [0.5, 0.6) is 0 Å². The van der Waals surface area contributed by atoms with Gasteiger partial charge in [0.05, 0.1) is 12.1 Å². The first kappa shape index (κ1) is 15.5. The summed E-state index contributed by atoms with van der Waals surface area (Å²) >= 11 is 0. The summed E-state index contributed by atoms with van der Waals surface area (Å²) < 4.78 is 0. The van der Waals surface area contributed by atoms with Crippen molar-refractivity contribution in [3.63, 3.8) is 0 Å². The first-order valence-corrected chi connectivity index (χ1v) is 8.16. The van der Waals surface area contributed by atoms with Gasteiger partial charge in [0, 0.05) is 6.04 Å². The van der Waals surface area contributed by atoms with Crippen molar-refractivity contribution in [3.8, 4) is 0 Å². The molecule has 2 rings (SSSR count). The van der Waals surface area contributed by atoms with Crippen molar-refractivity contribution in [1.29, 1.82) is 0 Å². The summed E-state index contributed by atoms with van der Waals surface area (Å²) in [6, 6.07) is 9.23. The second-order valence-corrected chi connectivity index (χ2v) is 6.37. The zero-order valence-electron chi connectivity index (χ0n) is 13.0. The molecule has 1 aromatic carbocycles. The zero-order chi connectivity index (χ0) is 14.4. The molecule has 0 heterocycles. The Hall–Kier alpha value is -0.860. The monoisotopic (exact) mass is 275 g/mol. The Labute approximate surface area is 123 Å². The number of aliphatic hydroxyl groups is 1. The van der Waals surface area contributed by atoms with Gasteiger partial charge in [0.1, 0.15) is 0 Å². The Balaban J connectivity index is 2.09. The van der Waals surface area contributed by atoms with Crippen molar-refractivity contribution in [3.05, 3.63) is 35.4 Å². The van der Waals surface area contributed by atoms with Crippen molar-refractivity contribution in [2.45, 2.75) is 70.4 Å². The van der Waals surface area contributed by atoms with Crippen LogP contribution in [0, 0.1) is 0 Å². The number of hydrogen-bond donors (Lipinski definition) is 2. The van der Waals surface area contributed by atoms with E-state index < -0.39 is 0 Å². The van der Waals surface area contributed by atoms with E-state index in [1.807, 2.05) is 0 Å². The van der Waals surface area contributed by atoms with Crippen LogP contribution in [0.4, 0.5) is 0 Å². The van der Waals surface area contributed by atoms with E-state index in [1.165, 1.54) is 49.7 Å². The van der Waals surface area contributed by atoms with Crippen LogP contribution in [0.2, 0.25) is 0 Å². The molecule has 0 radical (unpaired) electrons. The van der Waals surface area contributed by atoms with Gasteiger partial charge >= 0.3 is 0 Å². The van der Waals surface area contributed by atoms with E-state index in [4.69, 9.17) is 0 Å². The van der Waals surface area contributed by atoms with Crippen LogP contribution in [0.15, 0.2) is 24.3 Å². The van der Waals surface area contributed by atoms with Crippen LogP contribution in [0.1, 0.15) is 63.5 Å². The third-order valence-electron chi connectivity index (χ3n) is 4.69. The summed E-state index contributed by atoms with van der Waals surface area (Å²) in [4.78, 5) is 0. The van der Waals surface area contributed by atoms with E-state index in [2.05, 4.69) is 43.4 Å². The molecule has 0 aliphatic heterocycles. The van der Waals surface area contributed by atoms with Crippen molar-refractivity contribution >= 4 is 0 Å². The molecular weight excluding hydrogens is 246 g/mol. The van der Waals surface area contributed by atoms with Gasteiger partial charge in [0.2, 0.25) is 0 Å². The quantitative estimate of drug-likeness (QED) is 0.802. The summed E-state index contributed by atoms with van der Waals surface area (Å²) in [5.74, 6) is 0. The fraction of sp³-hybridized carbons (Fsp3) is 0.667. The Kier molecular flexibility index (Phi) is 5.62. The standard InChI is InChI=1S/C18H29NO/c1-3-15-10-12-16(13-11-15)18(2,14-20)19-17-8-6-4-5-7-9-17/h10-13,17,19-20H,3-9,14H2,1-2H3. The zero-order valence-corrected chi connectivity index (χ0v) is 13.0. The van der Waals surface area contributed by atoms with E-state index in [0.717, 1.165) is 6.42 Å². The third-order valence-corrected chi connectivity index (χ3v) is 4.69. The molecule has 0 saturated heterocycles. The minimum atomic E-state index is -0.318. The molecule has 0 amide bonds. The molecule has 1 atom stereocenters. The van der Waals surface area contributed by atoms with E-state index in [0.29, 0.717) is 6.04 Å². The molecule has 1 unspecified atom stereocenters. The van der Waals surface area contributed by atoms with Gasteiger partial charge in [-0.15, -0.1) is 0 Å². The minimum Gasteiger partial charge on any atom is -0.394 e. The molecule has 112 valence electrons. The van der Waals surface area contributed by atoms with Gasteiger partial charge in [-0.3, -0.25) is 0 Å². The van der Waals surface area contributed by atoms with Crippen LogP contribution >= 0.6 is 0 Å². The summed E-state index contributed by atoms with van der Waals surface area (Å²) in [7, 11) is 0. The third kappa shape index (κ3) is 3.83. The molecule has 20 heavy (non-hydrogen) atoms. The first-order chi connectivity index (χ1) is 9.68. The topological polar surface area (TPSA) is 32.3 Å². The Morgan fingerprint density at radius 1 is 1.10 bits per heavy atom. The Morgan fingerprint density at radius 3 is 2.20 bits per heavy atom. The van der Waals surface area contributed by atoms with Gasteiger partial charge in [-0.05, 0) is 37.3 Å². The number of nitrogens with one attached hydrogen (secondary N) is 1. The molecule has 0 spiro atoms. The maximum atomic E-state index is 9.90. The Bertz CT molecular complexity index is 392. The predicted octanol–water partition coefficient (Wildman–Crippen LogP) is 3.77. The molecule has 0 aromatic heterocycles. The maximum Gasteiger partial charge on any atom is 0.0652 e. The molecule has 2 nitrogen and oxygen atoms in total. The fourth-order valence-corrected chi connectivity index (χ4v) is 3.20. The Morgan fingerprint density at radius 2 is 1.70 bits per heavy atom. The molecule has 1 aliphatic rings. The van der Waals surface area contributed by atoms with Crippen molar-refractivity contribution < 1.29 is 5.11 Å². The lowest BCUT2D eigenvalue weighted by Crippen LogP contribution is -2.48. The largest absolute Gasteiger partial charge is 0.394 e. The van der Waals surface area contributed by atoms with Crippen molar-refractivity contribution in [2.75, 3.05) is 6.61 Å². The molecule has 1 aliphatic carbocycles. The highest BCUT2D eigenvalue weighted by Crippen LogP contribution is 2.25. The van der Waals surface area contributed by atoms with Gasteiger partial charge in [-0.1, -0.05) is 56.9 Å². The van der Waals surface area contributed by atoms with E-state index in [9.17, 15) is 5.11 Å². The number of benzene rings is 1. The molecule has 2 heteroatoms. The fourth-order valence-electron chi connectivity index (χ4n) is 3.20. The van der Waals surface area contributed by atoms with E-state index in [1.54, 1.807) is 0 Å². The SMILES string of the molecule is CCc1ccc(C(C)(CO)NC2CCCCCC2)cc1. The van der Waals surface area contributed by atoms with Gasteiger partial charge < -0.3 is 10.4 Å². The van der Waals surface area contributed by atoms with Gasteiger partial charge in [-0.2, -0.15) is 0 Å². The molecule has 2 N–H and O–H groups in total. The number of rotatable bonds is 5. The molecule has 1 fully saturated rings. The average molecular weight is 275 g/mol. The summed E-state index contributed by atoms with van der Waals surface area (Å²) in [6.45, 7) is 4.44. The van der Waals surface area contributed by atoms with Crippen molar-refractivity contribution in [1.82, 2.24) is 5.32 Å². The number of hydrogen-bond acceptors (Lipinski definition) is 2. The van der Waals surface area contributed by atoms with E-state index in [-0.39, 0.29) is 12.1 Å². The molecule has 1 saturated carbocycles. The lowest BCUT2D eigenvalue weighted by atomic mass is 9.90. The smallest absolute Gasteiger partial charge is 0.0652 e. The number of aliphatic hydroxyl groups excluding tert-OH is 1. The van der Waals surface area contributed by atoms with Crippen LogP contribution in [-0.2, 0) is 12.0 Å². The maximum absolute atomic E-state index is 9.90. The minimum absolute atomic E-state index is 0.148. The number of aryl methyl sites for hydroxylation is 1. The first-order valence-electron chi connectivity index (χ1n) is 8.16. The highest BCUT2D eigenvalue weighted by atomic mass is 16.3. The molecule has 0 bridgehead atoms. The summed E-state index contributed by atoms with van der Waals surface area (Å²) in [5.41, 5.74) is 2.23. The normalized spacial score (nSPS) is 20.4. The van der Waals surface area contributed by atoms with Gasteiger partial charge in [0.25, 0.3) is 0 Å². The van der Waals surface area contributed by atoms with Crippen molar-refractivity contribution in [2.24, 2.45) is 0 Å². The van der Waals surface area contributed by atoms with Gasteiger partial charge in [-0.25, -0.2) is 0 Å². The van der Waals surface area contributed by atoms with Crippen LogP contribution in [-0.4, -0.2) is 17.8 Å². The molecular formula is C18H29NO. The summed E-state index contributed by atoms with van der Waals surface area (Å²) in [6.07, 6.45) is 8.89. The highest BCUT2D eigenvalue weighted by Gasteiger charge is 2.28.